The number of para-hydroxylation sites is 1. The summed E-state index contributed by atoms with van der Waals surface area (Å²) in [4.78, 5) is 43.7. The number of quaternary nitrogens is 1. The van der Waals surface area contributed by atoms with E-state index in [1.165, 1.54) is 4.90 Å². The third kappa shape index (κ3) is 2.31. The number of fused-ring (bicyclic) bond motifs is 4. The molecule has 0 saturated carbocycles. The second-order valence-electron chi connectivity index (χ2n) is 8.37. The Bertz CT molecular complexity index is 1070. The van der Waals surface area contributed by atoms with Gasteiger partial charge in [-0.1, -0.05) is 54.6 Å². The number of anilines is 1. The predicted octanol–water partition coefficient (Wildman–Crippen LogP) is 1.18. The summed E-state index contributed by atoms with van der Waals surface area (Å²) in [5, 5.41) is 1.95. The molecule has 0 aromatic heterocycles. The van der Waals surface area contributed by atoms with E-state index in [9.17, 15) is 14.4 Å². The molecular weight excluding hydrogens is 378 g/mol. The first-order valence-corrected chi connectivity index (χ1v) is 10.3. The standard InChI is InChI=1S/C24H23N3O3/c1-3-13-26-18-12-8-7-11-17(18)24(23(26)30)20-19(15(2)25-24)21(28)27(22(20)29)14-16-9-5-4-6-10-16/h3-12,15,19-20,25H,1,13-14H2,2H3/p+1/t15-,19-,20+,24+/m1/s1. The van der Waals surface area contributed by atoms with Gasteiger partial charge in [0.1, 0.15) is 11.8 Å². The number of hydrogen-bond acceptors (Lipinski definition) is 3. The van der Waals surface area contributed by atoms with Crippen LogP contribution in [0.15, 0.2) is 67.3 Å². The number of nitrogens with zero attached hydrogens (tertiary/aromatic N) is 2. The topological polar surface area (TPSA) is 74.3 Å². The second-order valence-corrected chi connectivity index (χ2v) is 8.37. The maximum Gasteiger partial charge on any atom is 0.294 e. The summed E-state index contributed by atoms with van der Waals surface area (Å²) in [5.41, 5.74) is 1.42. The van der Waals surface area contributed by atoms with Crippen LogP contribution in [0.4, 0.5) is 5.69 Å². The highest BCUT2D eigenvalue weighted by atomic mass is 16.2. The van der Waals surface area contributed by atoms with Gasteiger partial charge in [-0.2, -0.15) is 0 Å². The first-order valence-electron chi connectivity index (χ1n) is 10.3. The van der Waals surface area contributed by atoms with Gasteiger partial charge in [-0.3, -0.25) is 19.3 Å². The fraction of sp³-hybridized carbons (Fsp3) is 0.292. The number of imide groups is 1. The molecule has 2 fully saturated rings. The van der Waals surface area contributed by atoms with E-state index in [0.717, 1.165) is 16.8 Å². The Morgan fingerprint density at radius 2 is 1.70 bits per heavy atom. The van der Waals surface area contributed by atoms with Crippen LogP contribution in [0.2, 0.25) is 0 Å². The molecule has 3 aliphatic rings. The third-order valence-electron chi connectivity index (χ3n) is 6.76. The molecule has 4 atom stereocenters. The van der Waals surface area contributed by atoms with Crippen molar-refractivity contribution in [2.75, 3.05) is 11.4 Å². The van der Waals surface area contributed by atoms with E-state index in [4.69, 9.17) is 0 Å². The lowest BCUT2D eigenvalue weighted by atomic mass is 9.76. The van der Waals surface area contributed by atoms with E-state index in [1.807, 2.05) is 66.8 Å². The first-order chi connectivity index (χ1) is 14.5. The highest BCUT2D eigenvalue weighted by Crippen LogP contribution is 2.50. The molecule has 2 aromatic rings. The van der Waals surface area contributed by atoms with E-state index in [2.05, 4.69) is 6.58 Å². The molecule has 3 amide bonds. The van der Waals surface area contributed by atoms with Crippen molar-refractivity contribution in [2.24, 2.45) is 11.8 Å². The fourth-order valence-corrected chi connectivity index (χ4v) is 5.58. The van der Waals surface area contributed by atoms with Crippen LogP contribution in [-0.2, 0) is 26.5 Å². The molecule has 0 unspecified atom stereocenters. The van der Waals surface area contributed by atoms with Gasteiger partial charge in [0.25, 0.3) is 5.91 Å². The smallest absolute Gasteiger partial charge is 0.294 e. The average molecular weight is 402 g/mol. The number of rotatable bonds is 4. The SMILES string of the molecule is C=CCN1C(=O)[C@]2([NH2+][C@H](C)[C@H]3C(=O)N(Cc4ccccc4)C(=O)[C@H]32)c2ccccc21. The Balaban J connectivity index is 1.60. The Morgan fingerprint density at radius 3 is 2.43 bits per heavy atom. The molecule has 2 N–H and O–H groups in total. The molecule has 0 bridgehead atoms. The summed E-state index contributed by atoms with van der Waals surface area (Å²) in [6, 6.07) is 16.9. The Morgan fingerprint density at radius 1 is 1.00 bits per heavy atom. The number of benzene rings is 2. The number of carbonyl (C=O) groups is 3. The van der Waals surface area contributed by atoms with Crippen LogP contribution in [0.3, 0.4) is 0 Å². The van der Waals surface area contributed by atoms with Crippen LogP contribution in [0.5, 0.6) is 0 Å². The molecule has 0 radical (unpaired) electrons. The second kappa shape index (κ2) is 6.64. The van der Waals surface area contributed by atoms with Crippen molar-refractivity contribution in [1.82, 2.24) is 4.90 Å². The highest BCUT2D eigenvalue weighted by Gasteiger charge is 2.74. The van der Waals surface area contributed by atoms with Crippen molar-refractivity contribution in [3.63, 3.8) is 0 Å². The van der Waals surface area contributed by atoms with Gasteiger partial charge < -0.3 is 10.2 Å². The molecule has 6 nitrogen and oxygen atoms in total. The van der Waals surface area contributed by atoms with E-state index in [0.29, 0.717) is 6.54 Å². The van der Waals surface area contributed by atoms with Gasteiger partial charge in [0.05, 0.1) is 18.3 Å². The fourth-order valence-electron chi connectivity index (χ4n) is 5.58. The maximum absolute atomic E-state index is 13.7. The van der Waals surface area contributed by atoms with Gasteiger partial charge in [0, 0.05) is 12.1 Å². The molecule has 2 aromatic carbocycles. The van der Waals surface area contributed by atoms with Crippen LogP contribution in [0, 0.1) is 11.8 Å². The van der Waals surface area contributed by atoms with Gasteiger partial charge >= 0.3 is 0 Å². The highest BCUT2D eigenvalue weighted by molar-refractivity contribution is 6.14. The van der Waals surface area contributed by atoms with Crippen LogP contribution in [-0.4, -0.2) is 35.2 Å². The number of amides is 3. The lowest BCUT2D eigenvalue weighted by Crippen LogP contribution is -2.98. The molecule has 3 aliphatic heterocycles. The zero-order chi connectivity index (χ0) is 21.0. The summed E-state index contributed by atoms with van der Waals surface area (Å²) >= 11 is 0. The van der Waals surface area contributed by atoms with Crippen LogP contribution in [0.1, 0.15) is 18.1 Å². The van der Waals surface area contributed by atoms with Gasteiger partial charge in [-0.05, 0) is 18.6 Å². The van der Waals surface area contributed by atoms with Gasteiger partial charge in [-0.15, -0.1) is 6.58 Å². The minimum atomic E-state index is -1.10. The van der Waals surface area contributed by atoms with E-state index >= 15 is 0 Å². The van der Waals surface area contributed by atoms with Crippen LogP contribution in [0.25, 0.3) is 0 Å². The Labute approximate surface area is 175 Å². The normalized spacial score (nSPS) is 29.6. The van der Waals surface area contributed by atoms with E-state index in [1.54, 1.807) is 11.0 Å². The number of nitrogens with two attached hydrogens (primary N) is 1. The minimum absolute atomic E-state index is 0.134. The van der Waals surface area contributed by atoms with Crippen molar-refractivity contribution < 1.29 is 19.7 Å². The summed E-state index contributed by atoms with van der Waals surface area (Å²) in [7, 11) is 0. The van der Waals surface area contributed by atoms with Crippen molar-refractivity contribution >= 4 is 23.4 Å². The monoisotopic (exact) mass is 402 g/mol. The zero-order valence-corrected chi connectivity index (χ0v) is 16.8. The Hall–Kier alpha value is -3.25. The largest absolute Gasteiger partial charge is 0.326 e. The van der Waals surface area contributed by atoms with Crippen molar-refractivity contribution in [3.8, 4) is 0 Å². The molecule has 152 valence electrons. The summed E-state index contributed by atoms with van der Waals surface area (Å²) in [6.07, 6.45) is 1.69. The third-order valence-corrected chi connectivity index (χ3v) is 6.76. The average Bonchev–Trinajstić information content (AvgIpc) is 3.29. The van der Waals surface area contributed by atoms with Crippen molar-refractivity contribution in [2.45, 2.75) is 25.0 Å². The van der Waals surface area contributed by atoms with Crippen molar-refractivity contribution in [1.29, 1.82) is 0 Å². The van der Waals surface area contributed by atoms with Gasteiger partial charge in [0.15, 0.2) is 0 Å². The molecule has 2 saturated heterocycles. The predicted molar refractivity (Wildman–Crippen MR) is 111 cm³/mol. The molecule has 3 heterocycles. The van der Waals surface area contributed by atoms with Gasteiger partial charge in [0.2, 0.25) is 17.4 Å². The molecule has 5 rings (SSSR count). The van der Waals surface area contributed by atoms with E-state index in [-0.39, 0.29) is 30.3 Å². The lowest BCUT2D eigenvalue weighted by molar-refractivity contribution is -0.730. The maximum atomic E-state index is 13.7. The van der Waals surface area contributed by atoms with Crippen molar-refractivity contribution in [3.05, 3.63) is 78.4 Å². The number of carbonyl (C=O) groups excluding carboxylic acids is 3. The van der Waals surface area contributed by atoms with Crippen LogP contribution < -0.4 is 10.2 Å². The molecule has 30 heavy (non-hydrogen) atoms. The summed E-state index contributed by atoms with van der Waals surface area (Å²) in [5.74, 6) is -1.78. The molecule has 0 aliphatic carbocycles. The summed E-state index contributed by atoms with van der Waals surface area (Å²) in [6.45, 7) is 6.33. The zero-order valence-electron chi connectivity index (χ0n) is 16.8. The molecule has 1 spiro atoms. The molecular formula is C24H24N3O3+. The first kappa shape index (κ1) is 18.8. The number of hydrogen-bond donors (Lipinski definition) is 1. The van der Waals surface area contributed by atoms with Gasteiger partial charge in [-0.25, -0.2) is 0 Å². The molecule has 6 heteroatoms. The minimum Gasteiger partial charge on any atom is -0.326 e. The lowest BCUT2D eigenvalue weighted by Gasteiger charge is -2.27. The summed E-state index contributed by atoms with van der Waals surface area (Å²) < 4.78 is 0. The Kier molecular flexibility index (Phi) is 4.15. The van der Waals surface area contributed by atoms with E-state index < -0.39 is 17.4 Å². The van der Waals surface area contributed by atoms with Crippen LogP contribution >= 0.6 is 0 Å². The quantitative estimate of drug-likeness (QED) is 0.617. The number of likely N-dealkylation sites (tertiary alicyclic amines) is 1.